The van der Waals surface area contributed by atoms with E-state index in [1.54, 1.807) is 45.9 Å². The fourth-order valence-corrected chi connectivity index (χ4v) is 3.01. The van der Waals surface area contributed by atoms with E-state index in [9.17, 15) is 14.4 Å². The van der Waals surface area contributed by atoms with Gasteiger partial charge in [0.15, 0.2) is 0 Å². The largest absolute Gasteiger partial charge is 0.496 e. The molecule has 9 heteroatoms. The molecule has 1 fully saturated rings. The van der Waals surface area contributed by atoms with Crippen molar-refractivity contribution >= 4 is 18.0 Å². The van der Waals surface area contributed by atoms with Gasteiger partial charge in [0.2, 0.25) is 5.91 Å². The van der Waals surface area contributed by atoms with Gasteiger partial charge in [0.05, 0.1) is 33.5 Å². The van der Waals surface area contributed by atoms with Gasteiger partial charge < -0.3 is 24.3 Å². The lowest BCUT2D eigenvalue weighted by Crippen LogP contribution is -2.57. The predicted molar refractivity (Wildman–Crippen MR) is 108 cm³/mol. The summed E-state index contributed by atoms with van der Waals surface area (Å²) in [5.74, 6) is -0.525. The third kappa shape index (κ3) is 5.85. The van der Waals surface area contributed by atoms with Crippen LogP contribution in [0.25, 0.3) is 0 Å². The highest BCUT2D eigenvalue weighted by molar-refractivity contribution is 5.92. The fraction of sp³-hybridized carbons (Fsp3) is 0.571. The van der Waals surface area contributed by atoms with Crippen LogP contribution in [-0.4, -0.2) is 68.5 Å². The van der Waals surface area contributed by atoms with Gasteiger partial charge in [-0.2, -0.15) is 0 Å². The minimum atomic E-state index is -0.799. The Bertz CT molecular complexity index is 788. The number of morpholine rings is 1. The van der Waals surface area contributed by atoms with Crippen LogP contribution in [0.2, 0.25) is 0 Å². The quantitative estimate of drug-likeness (QED) is 0.726. The van der Waals surface area contributed by atoms with Crippen LogP contribution in [0.1, 0.15) is 49.7 Å². The average Bonchev–Trinajstić information content (AvgIpc) is 2.71. The lowest BCUT2D eigenvalue weighted by atomic mass is 10.0. The second kappa shape index (κ2) is 9.80. The van der Waals surface area contributed by atoms with E-state index < -0.39 is 29.7 Å². The van der Waals surface area contributed by atoms with Crippen LogP contribution in [0, 0.1) is 0 Å². The number of esters is 1. The van der Waals surface area contributed by atoms with Crippen molar-refractivity contribution in [1.29, 1.82) is 0 Å². The number of nitrogens with one attached hydrogen (secondary N) is 1. The Morgan fingerprint density at radius 2 is 1.93 bits per heavy atom. The second-order valence-corrected chi connectivity index (χ2v) is 7.95. The molecule has 1 N–H and O–H groups in total. The molecule has 1 heterocycles. The van der Waals surface area contributed by atoms with Crippen LogP contribution < -0.4 is 10.1 Å². The Labute approximate surface area is 176 Å². The SMILES string of the molecule is COC(=O)c1ccc([C@H](C)NC(=O)[C@H]2COCCN2C(=O)OC(C)(C)C)cc1OC. The summed E-state index contributed by atoms with van der Waals surface area (Å²) in [7, 11) is 2.74. The van der Waals surface area contributed by atoms with E-state index in [0.717, 1.165) is 5.56 Å². The lowest BCUT2D eigenvalue weighted by Gasteiger charge is -2.36. The number of hydrogen-bond donors (Lipinski definition) is 1. The van der Waals surface area contributed by atoms with Crippen LogP contribution >= 0.6 is 0 Å². The molecule has 166 valence electrons. The van der Waals surface area contributed by atoms with Crippen molar-refractivity contribution < 1.29 is 33.3 Å². The minimum Gasteiger partial charge on any atom is -0.496 e. The van der Waals surface area contributed by atoms with Crippen molar-refractivity contribution in [2.45, 2.75) is 45.4 Å². The second-order valence-electron chi connectivity index (χ2n) is 7.95. The highest BCUT2D eigenvalue weighted by Gasteiger charge is 2.36. The summed E-state index contributed by atoms with van der Waals surface area (Å²) in [5, 5.41) is 2.89. The van der Waals surface area contributed by atoms with Crippen molar-refractivity contribution in [1.82, 2.24) is 10.2 Å². The molecule has 0 spiro atoms. The Balaban J connectivity index is 2.13. The molecule has 1 aliphatic heterocycles. The third-order valence-electron chi connectivity index (χ3n) is 4.55. The zero-order valence-corrected chi connectivity index (χ0v) is 18.3. The van der Waals surface area contributed by atoms with Gasteiger partial charge in [0.25, 0.3) is 0 Å². The highest BCUT2D eigenvalue weighted by atomic mass is 16.6. The van der Waals surface area contributed by atoms with E-state index in [0.29, 0.717) is 17.9 Å². The molecule has 9 nitrogen and oxygen atoms in total. The first-order valence-corrected chi connectivity index (χ1v) is 9.71. The molecule has 0 bridgehead atoms. The van der Waals surface area contributed by atoms with E-state index in [4.69, 9.17) is 18.9 Å². The number of carbonyl (C=O) groups is 3. The van der Waals surface area contributed by atoms with E-state index >= 15 is 0 Å². The molecule has 1 saturated heterocycles. The van der Waals surface area contributed by atoms with Gasteiger partial charge in [-0.25, -0.2) is 9.59 Å². The van der Waals surface area contributed by atoms with E-state index in [1.807, 2.05) is 0 Å². The Morgan fingerprint density at radius 3 is 2.53 bits per heavy atom. The summed E-state index contributed by atoms with van der Waals surface area (Å²) in [4.78, 5) is 38.6. The highest BCUT2D eigenvalue weighted by Crippen LogP contribution is 2.25. The van der Waals surface area contributed by atoms with E-state index in [2.05, 4.69) is 5.32 Å². The predicted octanol–water partition coefficient (Wildman–Crippen LogP) is 2.29. The summed E-state index contributed by atoms with van der Waals surface area (Å²) >= 11 is 0. The number of hydrogen-bond acceptors (Lipinski definition) is 7. The molecule has 0 radical (unpaired) electrons. The topological polar surface area (TPSA) is 103 Å². The molecular formula is C21H30N2O7. The van der Waals surface area contributed by atoms with Gasteiger partial charge in [0.1, 0.15) is 23.0 Å². The van der Waals surface area contributed by atoms with Gasteiger partial charge in [-0.05, 0) is 45.4 Å². The maximum atomic E-state index is 12.9. The van der Waals surface area contributed by atoms with Crippen LogP contribution in [0.3, 0.4) is 0 Å². The molecular weight excluding hydrogens is 392 g/mol. The van der Waals surface area contributed by atoms with Gasteiger partial charge in [-0.3, -0.25) is 9.69 Å². The number of methoxy groups -OCH3 is 2. The maximum absolute atomic E-state index is 12.9. The molecule has 1 aliphatic rings. The molecule has 2 amide bonds. The number of nitrogens with zero attached hydrogens (tertiary/aromatic N) is 1. The number of benzene rings is 1. The summed E-state index contributed by atoms with van der Waals surface area (Å²) in [5.41, 5.74) is 0.356. The first-order chi connectivity index (χ1) is 14.1. The minimum absolute atomic E-state index is 0.0857. The van der Waals surface area contributed by atoms with Gasteiger partial charge in [0, 0.05) is 6.54 Å². The molecule has 1 aromatic rings. The monoisotopic (exact) mass is 422 g/mol. The zero-order valence-electron chi connectivity index (χ0n) is 18.3. The molecule has 30 heavy (non-hydrogen) atoms. The first-order valence-electron chi connectivity index (χ1n) is 9.71. The third-order valence-corrected chi connectivity index (χ3v) is 4.55. The molecule has 2 rings (SSSR count). The fourth-order valence-electron chi connectivity index (χ4n) is 3.01. The number of rotatable bonds is 5. The first kappa shape index (κ1) is 23.5. The number of carbonyl (C=O) groups excluding carboxylic acids is 3. The molecule has 1 aromatic carbocycles. The van der Waals surface area contributed by atoms with E-state index in [-0.39, 0.29) is 19.1 Å². The van der Waals surface area contributed by atoms with Crippen LogP contribution in [0.4, 0.5) is 4.79 Å². The van der Waals surface area contributed by atoms with Crippen LogP contribution in [-0.2, 0) is 19.0 Å². The molecule has 0 unspecified atom stereocenters. The van der Waals surface area contributed by atoms with Gasteiger partial charge in [-0.15, -0.1) is 0 Å². The van der Waals surface area contributed by atoms with Crippen molar-refractivity contribution in [3.8, 4) is 5.75 Å². The van der Waals surface area contributed by atoms with Crippen LogP contribution in [0.5, 0.6) is 5.75 Å². The molecule has 0 aromatic heterocycles. The smallest absolute Gasteiger partial charge is 0.411 e. The normalized spacial score (nSPS) is 17.7. The van der Waals surface area contributed by atoms with E-state index in [1.165, 1.54) is 19.1 Å². The Hall–Kier alpha value is -2.81. The zero-order chi connectivity index (χ0) is 22.5. The summed E-state index contributed by atoms with van der Waals surface area (Å²) in [6.45, 7) is 7.80. The van der Waals surface area contributed by atoms with Crippen molar-refractivity contribution in [3.63, 3.8) is 0 Å². The summed E-state index contributed by atoms with van der Waals surface area (Å²) in [6.07, 6.45) is -0.553. The number of amides is 2. The molecule has 0 aliphatic carbocycles. The summed E-state index contributed by atoms with van der Waals surface area (Å²) < 4.78 is 20.8. The lowest BCUT2D eigenvalue weighted by molar-refractivity contribution is -0.132. The average molecular weight is 422 g/mol. The Kier molecular flexibility index (Phi) is 7.66. The maximum Gasteiger partial charge on any atom is 0.411 e. The summed E-state index contributed by atoms with van der Waals surface area (Å²) in [6, 6.07) is 3.76. The van der Waals surface area contributed by atoms with Gasteiger partial charge in [-0.1, -0.05) is 6.07 Å². The number of ether oxygens (including phenoxy) is 4. The van der Waals surface area contributed by atoms with Crippen molar-refractivity contribution in [2.24, 2.45) is 0 Å². The molecule has 2 atom stereocenters. The molecule has 0 saturated carbocycles. The standard InChI is InChI=1S/C21H30N2O7/c1-13(14-7-8-15(19(25)28-6)17(11-14)27-5)22-18(24)16-12-29-10-9-23(16)20(26)30-21(2,3)4/h7-8,11,13,16H,9-10,12H2,1-6H3,(H,22,24)/t13-,16+/m0/s1. The Morgan fingerprint density at radius 1 is 1.23 bits per heavy atom. The van der Waals surface area contributed by atoms with Crippen LogP contribution in [0.15, 0.2) is 18.2 Å². The van der Waals surface area contributed by atoms with Crippen molar-refractivity contribution in [3.05, 3.63) is 29.3 Å². The van der Waals surface area contributed by atoms with Gasteiger partial charge >= 0.3 is 12.1 Å². The van der Waals surface area contributed by atoms with Crippen molar-refractivity contribution in [2.75, 3.05) is 34.0 Å².